The zero-order valence-corrected chi connectivity index (χ0v) is 18.1. The molecule has 8 heteroatoms. The van der Waals surface area contributed by atoms with Gasteiger partial charge in [0.15, 0.2) is 12.1 Å². The Morgan fingerprint density at radius 1 is 1.00 bits per heavy atom. The van der Waals surface area contributed by atoms with Crippen LogP contribution in [0.5, 0.6) is 0 Å². The number of methoxy groups -OCH3 is 1. The summed E-state index contributed by atoms with van der Waals surface area (Å²) >= 11 is 0. The molecule has 2 fully saturated rings. The van der Waals surface area contributed by atoms with Crippen molar-refractivity contribution in [3.8, 4) is 0 Å². The summed E-state index contributed by atoms with van der Waals surface area (Å²) in [7, 11) is -1.90. The van der Waals surface area contributed by atoms with Gasteiger partial charge in [0.2, 0.25) is 0 Å². The minimum Gasteiger partial charge on any atom is -0.388 e. The average molecular weight is 434 g/mol. The molecule has 2 aromatic carbocycles. The maximum Gasteiger partial charge on any atom is 0.261 e. The van der Waals surface area contributed by atoms with E-state index in [4.69, 9.17) is 23.5 Å². The summed E-state index contributed by atoms with van der Waals surface area (Å²) < 4.78 is 42.8. The Balaban J connectivity index is 1.54. The highest BCUT2D eigenvalue weighted by Crippen LogP contribution is 2.46. The van der Waals surface area contributed by atoms with Crippen molar-refractivity contribution in [2.75, 3.05) is 13.7 Å². The first-order chi connectivity index (χ1) is 14.3. The van der Waals surface area contributed by atoms with Crippen molar-refractivity contribution < 1.29 is 33.1 Å². The predicted molar refractivity (Wildman–Crippen MR) is 111 cm³/mol. The summed E-state index contributed by atoms with van der Waals surface area (Å²) in [5.74, 6) is -0.807. The van der Waals surface area contributed by atoms with Crippen molar-refractivity contribution >= 4 is 18.0 Å². The fraction of sp³-hybridized carbons (Fsp3) is 0.455. The third-order valence-electron chi connectivity index (χ3n) is 5.28. The summed E-state index contributed by atoms with van der Waals surface area (Å²) in [5, 5.41) is 12.0. The molecule has 2 aliphatic heterocycles. The second-order valence-corrected chi connectivity index (χ2v) is 10.2. The Morgan fingerprint density at radius 3 is 2.07 bits per heavy atom. The Kier molecular flexibility index (Phi) is 6.15. The summed E-state index contributed by atoms with van der Waals surface area (Å²) in [4.78, 5) is 0. The van der Waals surface area contributed by atoms with Gasteiger partial charge in [-0.25, -0.2) is 0 Å². The Labute approximate surface area is 176 Å². The summed E-state index contributed by atoms with van der Waals surface area (Å²) in [6, 6.07) is 18.0. The van der Waals surface area contributed by atoms with Crippen molar-refractivity contribution in [1.82, 2.24) is 0 Å². The first kappa shape index (κ1) is 21.7. The topological polar surface area (TPSA) is 83.5 Å². The van der Waals surface area contributed by atoms with Gasteiger partial charge in [-0.05, 0) is 38.1 Å². The summed E-state index contributed by atoms with van der Waals surface area (Å²) in [6.45, 7) is 3.41. The van der Waals surface area contributed by atoms with E-state index in [0.717, 1.165) is 0 Å². The first-order valence-electron chi connectivity index (χ1n) is 9.92. The highest BCUT2D eigenvalue weighted by atomic mass is 31.2. The van der Waals surface area contributed by atoms with Crippen LogP contribution in [0.4, 0.5) is 0 Å². The molecule has 0 spiro atoms. The van der Waals surface area contributed by atoms with Crippen LogP contribution in [0, 0.1) is 0 Å². The number of fused-ring (bicyclic) bond motifs is 1. The molecule has 0 aromatic heterocycles. The molecule has 162 valence electrons. The lowest BCUT2D eigenvalue weighted by Gasteiger charge is -2.27. The molecule has 0 unspecified atom stereocenters. The molecular formula is C22H27O7P. The highest BCUT2D eigenvalue weighted by molar-refractivity contribution is 7.74. The van der Waals surface area contributed by atoms with E-state index in [0.29, 0.717) is 10.6 Å². The van der Waals surface area contributed by atoms with Gasteiger partial charge in [-0.2, -0.15) is 0 Å². The van der Waals surface area contributed by atoms with Gasteiger partial charge in [0.25, 0.3) is 7.37 Å². The van der Waals surface area contributed by atoms with Crippen LogP contribution in [-0.2, 0) is 28.0 Å². The Morgan fingerprint density at radius 2 is 1.53 bits per heavy atom. The van der Waals surface area contributed by atoms with Crippen molar-refractivity contribution in [2.24, 2.45) is 0 Å². The lowest BCUT2D eigenvalue weighted by Crippen LogP contribution is -2.41. The fourth-order valence-electron chi connectivity index (χ4n) is 3.91. The van der Waals surface area contributed by atoms with Gasteiger partial charge in [0.05, 0.1) is 6.61 Å². The summed E-state index contributed by atoms with van der Waals surface area (Å²) in [6.07, 6.45) is -3.46. The monoisotopic (exact) mass is 434 g/mol. The SMILES string of the molecule is CO[C@H]1O[C@H]([C@H](O)COP(=O)(c2ccccc2)c2ccccc2)[C@@H]2OC(C)(C)O[C@H]12. The number of aliphatic hydroxyl groups is 1. The van der Waals surface area contributed by atoms with Gasteiger partial charge in [-0.3, -0.25) is 4.57 Å². The molecule has 2 aromatic rings. The van der Waals surface area contributed by atoms with E-state index in [9.17, 15) is 9.67 Å². The molecule has 0 amide bonds. The molecule has 2 heterocycles. The maximum absolute atomic E-state index is 13.9. The van der Waals surface area contributed by atoms with Crippen LogP contribution in [0.3, 0.4) is 0 Å². The van der Waals surface area contributed by atoms with Crippen molar-refractivity contribution in [3.05, 3.63) is 60.7 Å². The van der Waals surface area contributed by atoms with E-state index >= 15 is 0 Å². The molecule has 1 N–H and O–H groups in total. The van der Waals surface area contributed by atoms with E-state index in [-0.39, 0.29) is 6.61 Å². The van der Waals surface area contributed by atoms with Crippen molar-refractivity contribution in [1.29, 1.82) is 0 Å². The number of hydrogen-bond acceptors (Lipinski definition) is 7. The Hall–Kier alpha value is -1.57. The number of hydrogen-bond donors (Lipinski definition) is 1. The maximum atomic E-state index is 13.9. The van der Waals surface area contributed by atoms with Crippen molar-refractivity contribution in [2.45, 2.75) is 50.3 Å². The number of benzene rings is 2. The minimum absolute atomic E-state index is 0.199. The zero-order valence-electron chi connectivity index (χ0n) is 17.2. The molecule has 2 aliphatic rings. The molecule has 0 saturated carbocycles. The number of ether oxygens (including phenoxy) is 4. The molecule has 0 radical (unpaired) electrons. The third-order valence-corrected chi connectivity index (χ3v) is 7.75. The molecule has 0 bridgehead atoms. The number of aliphatic hydroxyl groups excluding tert-OH is 1. The van der Waals surface area contributed by atoms with E-state index < -0.39 is 43.9 Å². The third kappa shape index (κ3) is 4.12. The molecule has 0 aliphatic carbocycles. The summed E-state index contributed by atoms with van der Waals surface area (Å²) in [5.41, 5.74) is 0. The highest BCUT2D eigenvalue weighted by Gasteiger charge is 2.57. The van der Waals surface area contributed by atoms with Crippen LogP contribution in [0.1, 0.15) is 13.8 Å². The van der Waals surface area contributed by atoms with Gasteiger partial charge in [0, 0.05) is 17.7 Å². The molecule has 30 heavy (non-hydrogen) atoms. The molecule has 4 rings (SSSR count). The van der Waals surface area contributed by atoms with E-state index in [1.165, 1.54) is 7.11 Å². The van der Waals surface area contributed by atoms with Gasteiger partial charge >= 0.3 is 0 Å². The fourth-order valence-corrected chi connectivity index (χ4v) is 6.00. The molecule has 2 saturated heterocycles. The normalized spacial score (nSPS) is 28.9. The second kappa shape index (κ2) is 8.52. The zero-order chi connectivity index (χ0) is 21.4. The second-order valence-electron chi connectivity index (χ2n) is 7.86. The van der Waals surface area contributed by atoms with Crippen molar-refractivity contribution in [3.63, 3.8) is 0 Å². The minimum atomic E-state index is -3.41. The van der Waals surface area contributed by atoms with E-state index in [2.05, 4.69) is 0 Å². The van der Waals surface area contributed by atoms with Gasteiger partial charge in [-0.15, -0.1) is 0 Å². The Bertz CT molecular complexity index is 845. The van der Waals surface area contributed by atoms with Crippen LogP contribution in [0.25, 0.3) is 0 Å². The standard InChI is InChI=1S/C22H27O7P/c1-22(2)28-19-18(27-21(25-3)20(19)29-22)17(23)14-26-30(24,15-10-6-4-7-11-15)16-12-8-5-9-13-16/h4-13,17-21,23H,14H2,1-3H3/t17-,18-,19+,20+,21+/m1/s1. The van der Waals surface area contributed by atoms with Gasteiger partial charge < -0.3 is 28.6 Å². The van der Waals surface area contributed by atoms with Gasteiger partial charge in [-0.1, -0.05) is 36.4 Å². The molecular weight excluding hydrogens is 407 g/mol. The van der Waals surface area contributed by atoms with Crippen LogP contribution < -0.4 is 10.6 Å². The van der Waals surface area contributed by atoms with Gasteiger partial charge in [0.1, 0.15) is 24.4 Å². The molecule has 5 atom stereocenters. The van der Waals surface area contributed by atoms with Crippen LogP contribution in [0.2, 0.25) is 0 Å². The lowest BCUT2D eigenvalue weighted by atomic mass is 10.1. The average Bonchev–Trinajstić information content (AvgIpc) is 3.25. The largest absolute Gasteiger partial charge is 0.388 e. The molecule has 7 nitrogen and oxygen atoms in total. The van der Waals surface area contributed by atoms with E-state index in [1.54, 1.807) is 38.1 Å². The predicted octanol–water partition coefficient (Wildman–Crippen LogP) is 2.18. The number of rotatable bonds is 7. The van der Waals surface area contributed by atoms with Crippen LogP contribution in [-0.4, -0.2) is 55.3 Å². The van der Waals surface area contributed by atoms with Crippen LogP contribution in [0.15, 0.2) is 60.7 Å². The lowest BCUT2D eigenvalue weighted by molar-refractivity contribution is -0.238. The van der Waals surface area contributed by atoms with E-state index in [1.807, 2.05) is 36.4 Å². The van der Waals surface area contributed by atoms with Crippen LogP contribution >= 0.6 is 7.37 Å². The quantitative estimate of drug-likeness (QED) is 0.669. The smallest absolute Gasteiger partial charge is 0.261 e. The first-order valence-corrected chi connectivity index (χ1v) is 11.5.